The van der Waals surface area contributed by atoms with E-state index in [0.29, 0.717) is 24.3 Å². The fourth-order valence-electron chi connectivity index (χ4n) is 2.74. The Kier molecular flexibility index (Phi) is 5.96. The molecule has 2 N–H and O–H groups in total. The van der Waals surface area contributed by atoms with Crippen LogP contribution in [0.5, 0.6) is 0 Å². The van der Waals surface area contributed by atoms with E-state index in [1.165, 1.54) is 11.1 Å². The Bertz CT molecular complexity index is 913. The molecule has 0 bridgehead atoms. The molecule has 0 saturated heterocycles. The Morgan fingerprint density at radius 3 is 2.62 bits per heavy atom. The number of nitrogens with zero attached hydrogens (tertiary/aromatic N) is 2. The van der Waals surface area contributed by atoms with Crippen LogP contribution in [0.3, 0.4) is 0 Å². The second kappa shape index (κ2) is 8.58. The normalized spacial score (nSPS) is 10.7. The van der Waals surface area contributed by atoms with Crippen LogP contribution in [-0.2, 0) is 17.8 Å². The molecule has 3 rings (SSSR count). The van der Waals surface area contributed by atoms with Crippen LogP contribution in [0.1, 0.15) is 17.5 Å². The van der Waals surface area contributed by atoms with Gasteiger partial charge in [-0.05, 0) is 31.1 Å². The van der Waals surface area contributed by atoms with E-state index in [1.54, 1.807) is 0 Å². The van der Waals surface area contributed by atoms with Gasteiger partial charge in [0.15, 0.2) is 10.6 Å². The highest BCUT2D eigenvalue weighted by Crippen LogP contribution is 2.18. The van der Waals surface area contributed by atoms with E-state index < -0.39 is 0 Å². The van der Waals surface area contributed by atoms with Gasteiger partial charge in [-0.25, -0.2) is 0 Å². The third-order valence-electron chi connectivity index (χ3n) is 4.21. The van der Waals surface area contributed by atoms with Crippen molar-refractivity contribution in [1.29, 1.82) is 0 Å². The standard InChI is InChI=1S/C20H22N4OS/c1-15-7-9-17(10-8-15)19-22-23-20(26)24(19)14-12-18(25)21-13-11-16-5-3-2-4-6-16/h2-10H,11-14H2,1H3,(H,21,25)(H,23,26). The van der Waals surface area contributed by atoms with Crippen molar-refractivity contribution in [1.82, 2.24) is 20.1 Å². The van der Waals surface area contributed by atoms with Gasteiger partial charge in [0.05, 0.1) is 0 Å². The Morgan fingerprint density at radius 2 is 1.88 bits per heavy atom. The summed E-state index contributed by atoms with van der Waals surface area (Å²) in [7, 11) is 0. The van der Waals surface area contributed by atoms with Crippen molar-refractivity contribution in [3.05, 3.63) is 70.5 Å². The van der Waals surface area contributed by atoms with Crippen LogP contribution >= 0.6 is 12.2 Å². The maximum absolute atomic E-state index is 12.1. The van der Waals surface area contributed by atoms with Crippen LogP contribution in [0.2, 0.25) is 0 Å². The van der Waals surface area contributed by atoms with E-state index in [9.17, 15) is 4.79 Å². The minimum atomic E-state index is 0.0129. The summed E-state index contributed by atoms with van der Waals surface area (Å²) in [4.78, 5) is 12.1. The first-order valence-electron chi connectivity index (χ1n) is 8.66. The Labute approximate surface area is 158 Å². The van der Waals surface area contributed by atoms with Crippen molar-refractivity contribution < 1.29 is 4.79 Å². The van der Waals surface area contributed by atoms with Gasteiger partial charge in [0.2, 0.25) is 5.91 Å². The maximum Gasteiger partial charge on any atom is 0.221 e. The lowest BCUT2D eigenvalue weighted by Gasteiger charge is -2.08. The van der Waals surface area contributed by atoms with Gasteiger partial charge >= 0.3 is 0 Å². The molecule has 0 aliphatic rings. The summed E-state index contributed by atoms with van der Waals surface area (Å²) in [5, 5.41) is 10.1. The number of aromatic nitrogens is 3. The Hall–Kier alpha value is -2.73. The van der Waals surface area contributed by atoms with E-state index in [-0.39, 0.29) is 5.91 Å². The molecule has 134 valence electrons. The molecular formula is C20H22N4OS. The predicted octanol–water partition coefficient (Wildman–Crippen LogP) is 3.67. The fourth-order valence-corrected chi connectivity index (χ4v) is 2.96. The molecule has 0 unspecified atom stereocenters. The molecule has 1 amide bonds. The second-order valence-corrected chi connectivity index (χ2v) is 6.59. The highest BCUT2D eigenvalue weighted by Gasteiger charge is 2.10. The van der Waals surface area contributed by atoms with E-state index >= 15 is 0 Å². The molecule has 0 fully saturated rings. The van der Waals surface area contributed by atoms with Crippen LogP contribution < -0.4 is 5.32 Å². The van der Waals surface area contributed by atoms with Crippen molar-refractivity contribution in [3.8, 4) is 11.4 Å². The summed E-state index contributed by atoms with van der Waals surface area (Å²) in [5.41, 5.74) is 3.38. The summed E-state index contributed by atoms with van der Waals surface area (Å²) in [6.45, 7) is 3.17. The van der Waals surface area contributed by atoms with Gasteiger partial charge in [-0.2, -0.15) is 5.10 Å². The molecule has 1 heterocycles. The van der Waals surface area contributed by atoms with Crippen molar-refractivity contribution in [3.63, 3.8) is 0 Å². The van der Waals surface area contributed by atoms with Crippen molar-refractivity contribution in [2.45, 2.75) is 26.3 Å². The summed E-state index contributed by atoms with van der Waals surface area (Å²) < 4.78 is 2.40. The summed E-state index contributed by atoms with van der Waals surface area (Å²) in [6.07, 6.45) is 1.19. The lowest BCUT2D eigenvalue weighted by molar-refractivity contribution is -0.121. The number of amides is 1. The molecular weight excluding hydrogens is 344 g/mol. The van der Waals surface area contributed by atoms with Gasteiger partial charge in [-0.3, -0.25) is 14.5 Å². The van der Waals surface area contributed by atoms with Gasteiger partial charge in [-0.15, -0.1) is 0 Å². The average Bonchev–Trinajstić information content (AvgIpc) is 3.02. The highest BCUT2D eigenvalue weighted by atomic mass is 32.1. The Morgan fingerprint density at radius 1 is 1.15 bits per heavy atom. The predicted molar refractivity (Wildman–Crippen MR) is 105 cm³/mol. The van der Waals surface area contributed by atoms with Gasteiger partial charge in [0.25, 0.3) is 0 Å². The largest absolute Gasteiger partial charge is 0.356 e. The molecule has 5 nitrogen and oxygen atoms in total. The third-order valence-corrected chi connectivity index (χ3v) is 4.52. The van der Waals surface area contributed by atoms with Gasteiger partial charge in [-0.1, -0.05) is 60.2 Å². The quantitative estimate of drug-likeness (QED) is 0.627. The molecule has 0 aliphatic heterocycles. The molecule has 1 aromatic heterocycles. The zero-order chi connectivity index (χ0) is 18.4. The molecule has 0 radical (unpaired) electrons. The van der Waals surface area contributed by atoms with E-state index in [4.69, 9.17) is 12.2 Å². The first-order chi connectivity index (χ1) is 12.6. The molecule has 26 heavy (non-hydrogen) atoms. The van der Waals surface area contributed by atoms with Gasteiger partial charge in [0.1, 0.15) is 0 Å². The third kappa shape index (κ3) is 4.67. The Balaban J connectivity index is 1.56. The molecule has 6 heteroatoms. The minimum Gasteiger partial charge on any atom is -0.356 e. The number of rotatable bonds is 7. The summed E-state index contributed by atoms with van der Waals surface area (Å²) >= 11 is 5.32. The molecule has 3 aromatic rings. The number of aromatic amines is 1. The van der Waals surface area contributed by atoms with Gasteiger partial charge < -0.3 is 5.32 Å². The number of aryl methyl sites for hydroxylation is 1. The number of carbonyl (C=O) groups excluding carboxylic acids is 1. The van der Waals surface area contributed by atoms with E-state index in [1.807, 2.05) is 54.0 Å². The van der Waals surface area contributed by atoms with Crippen LogP contribution in [0.25, 0.3) is 11.4 Å². The zero-order valence-electron chi connectivity index (χ0n) is 14.7. The first kappa shape index (κ1) is 18.1. The zero-order valence-corrected chi connectivity index (χ0v) is 15.6. The van der Waals surface area contributed by atoms with E-state index in [2.05, 4.69) is 27.6 Å². The van der Waals surface area contributed by atoms with Crippen LogP contribution in [0, 0.1) is 11.7 Å². The van der Waals surface area contributed by atoms with E-state index in [0.717, 1.165) is 17.8 Å². The average molecular weight is 366 g/mol. The second-order valence-electron chi connectivity index (χ2n) is 6.21. The van der Waals surface area contributed by atoms with Crippen LogP contribution in [0.15, 0.2) is 54.6 Å². The van der Waals surface area contributed by atoms with Crippen LogP contribution in [0.4, 0.5) is 0 Å². The van der Waals surface area contributed by atoms with Crippen LogP contribution in [-0.4, -0.2) is 27.2 Å². The molecule has 0 spiro atoms. The monoisotopic (exact) mass is 366 g/mol. The van der Waals surface area contributed by atoms with Crippen molar-refractivity contribution >= 4 is 18.1 Å². The lowest BCUT2D eigenvalue weighted by Crippen LogP contribution is -2.26. The first-order valence-corrected chi connectivity index (χ1v) is 9.07. The summed E-state index contributed by atoms with van der Waals surface area (Å²) in [6, 6.07) is 18.2. The van der Waals surface area contributed by atoms with Crippen molar-refractivity contribution in [2.24, 2.45) is 0 Å². The molecule has 2 aromatic carbocycles. The number of nitrogens with one attached hydrogen (secondary N) is 2. The number of carbonyl (C=O) groups is 1. The maximum atomic E-state index is 12.1. The molecule has 0 atom stereocenters. The van der Waals surface area contributed by atoms with Gasteiger partial charge in [0, 0.05) is 25.1 Å². The van der Waals surface area contributed by atoms with Crippen molar-refractivity contribution in [2.75, 3.05) is 6.54 Å². The topological polar surface area (TPSA) is 62.7 Å². The number of hydrogen-bond acceptors (Lipinski definition) is 3. The number of hydrogen-bond donors (Lipinski definition) is 2. The highest BCUT2D eigenvalue weighted by molar-refractivity contribution is 7.71. The fraction of sp³-hybridized carbons (Fsp3) is 0.250. The molecule has 0 aliphatic carbocycles. The summed E-state index contributed by atoms with van der Waals surface area (Å²) in [5.74, 6) is 0.769. The number of H-pyrrole nitrogens is 1. The number of benzene rings is 2. The minimum absolute atomic E-state index is 0.0129. The SMILES string of the molecule is Cc1ccc(-c2n[nH]c(=S)n2CCC(=O)NCCc2ccccc2)cc1. The smallest absolute Gasteiger partial charge is 0.221 e. The molecule has 0 saturated carbocycles. The lowest BCUT2D eigenvalue weighted by atomic mass is 10.1.